The van der Waals surface area contributed by atoms with Gasteiger partial charge in [0, 0.05) is 12.3 Å². The Morgan fingerprint density at radius 3 is 1.86 bits per heavy atom. The van der Waals surface area contributed by atoms with Crippen LogP contribution in [0.5, 0.6) is 5.75 Å². The van der Waals surface area contributed by atoms with E-state index in [2.05, 4.69) is 17.4 Å². The van der Waals surface area contributed by atoms with Gasteiger partial charge in [0.1, 0.15) is 18.4 Å². The Bertz CT molecular complexity index is 1350. The Kier molecular flexibility index (Phi) is 6.41. The fourth-order valence-electron chi connectivity index (χ4n) is 4.71. The lowest BCUT2D eigenvalue weighted by molar-refractivity contribution is -0.139. The van der Waals surface area contributed by atoms with E-state index in [9.17, 15) is 19.8 Å². The number of carboxylic acid groups (broad SMARTS) is 1. The number of hydrogen-bond donors (Lipinski definition) is 3. The number of aliphatic carboxylic acids is 1. The maximum Gasteiger partial charge on any atom is 0.407 e. The number of nitrogens with one attached hydrogen (secondary N) is 1. The monoisotopic (exact) mass is 479 g/mol. The quantitative estimate of drug-likeness (QED) is 0.321. The summed E-state index contributed by atoms with van der Waals surface area (Å²) in [5.74, 6) is -1.04. The molecule has 0 bridgehead atoms. The fourth-order valence-corrected chi connectivity index (χ4v) is 4.71. The highest BCUT2D eigenvalue weighted by Crippen LogP contribution is 2.44. The zero-order chi connectivity index (χ0) is 25.1. The van der Waals surface area contributed by atoms with Crippen molar-refractivity contribution >= 4 is 12.1 Å². The smallest absolute Gasteiger partial charge is 0.407 e. The molecule has 0 aliphatic heterocycles. The first-order valence-electron chi connectivity index (χ1n) is 11.7. The molecule has 0 aromatic heterocycles. The molecule has 0 radical (unpaired) electrons. The van der Waals surface area contributed by atoms with Gasteiger partial charge in [0.15, 0.2) is 0 Å². The summed E-state index contributed by atoms with van der Waals surface area (Å²) in [5.41, 5.74) is 7.08. The van der Waals surface area contributed by atoms with Crippen LogP contribution in [0.4, 0.5) is 4.79 Å². The predicted molar refractivity (Wildman–Crippen MR) is 137 cm³/mol. The minimum absolute atomic E-state index is 0.0983. The number of amides is 1. The zero-order valence-electron chi connectivity index (χ0n) is 19.4. The van der Waals surface area contributed by atoms with Crippen LogP contribution in [0.1, 0.15) is 22.6 Å². The summed E-state index contributed by atoms with van der Waals surface area (Å²) < 4.78 is 5.51. The lowest BCUT2D eigenvalue weighted by atomic mass is 9.98. The van der Waals surface area contributed by atoms with Crippen molar-refractivity contribution in [2.24, 2.45) is 0 Å². The average molecular weight is 480 g/mol. The van der Waals surface area contributed by atoms with Crippen molar-refractivity contribution in [3.63, 3.8) is 0 Å². The molecule has 1 aliphatic carbocycles. The molecule has 6 nitrogen and oxygen atoms in total. The second-order valence-electron chi connectivity index (χ2n) is 8.81. The SMILES string of the molecule is O=C(NC(Cc1ccc(-c2ccc(O)cc2)cc1)C(=O)O)OCC1c2ccccc2-c2ccccc21. The number of benzene rings is 4. The second-order valence-corrected chi connectivity index (χ2v) is 8.81. The van der Waals surface area contributed by atoms with Crippen molar-refractivity contribution < 1.29 is 24.5 Å². The number of ether oxygens (including phenoxy) is 1. The Labute approximate surface area is 208 Å². The number of rotatable bonds is 7. The van der Waals surface area contributed by atoms with E-state index in [1.807, 2.05) is 72.8 Å². The Hall–Kier alpha value is -4.58. The van der Waals surface area contributed by atoms with Crippen molar-refractivity contribution in [2.75, 3.05) is 6.61 Å². The molecule has 0 heterocycles. The Morgan fingerprint density at radius 2 is 1.31 bits per heavy atom. The molecule has 0 fully saturated rings. The molecule has 1 atom stereocenters. The van der Waals surface area contributed by atoms with Crippen LogP contribution in [-0.2, 0) is 16.0 Å². The first-order valence-corrected chi connectivity index (χ1v) is 11.7. The topological polar surface area (TPSA) is 95.9 Å². The zero-order valence-corrected chi connectivity index (χ0v) is 19.4. The molecular formula is C30H25NO5. The van der Waals surface area contributed by atoms with Gasteiger partial charge in [-0.25, -0.2) is 9.59 Å². The second kappa shape index (κ2) is 9.96. The van der Waals surface area contributed by atoms with Gasteiger partial charge >= 0.3 is 12.1 Å². The summed E-state index contributed by atoms with van der Waals surface area (Å²) in [6.45, 7) is 0.119. The van der Waals surface area contributed by atoms with Crippen molar-refractivity contribution in [1.82, 2.24) is 5.32 Å². The summed E-state index contributed by atoms with van der Waals surface area (Å²) in [5, 5.41) is 21.6. The molecule has 1 unspecified atom stereocenters. The van der Waals surface area contributed by atoms with E-state index in [4.69, 9.17) is 4.74 Å². The third-order valence-electron chi connectivity index (χ3n) is 6.53. The van der Waals surface area contributed by atoms with Crippen LogP contribution >= 0.6 is 0 Å². The maximum absolute atomic E-state index is 12.6. The molecule has 0 spiro atoms. The first kappa shape index (κ1) is 23.2. The van der Waals surface area contributed by atoms with Crippen LogP contribution in [0.2, 0.25) is 0 Å². The van der Waals surface area contributed by atoms with E-state index in [1.54, 1.807) is 12.1 Å². The van der Waals surface area contributed by atoms with Gasteiger partial charge in [0.25, 0.3) is 0 Å². The van der Waals surface area contributed by atoms with Crippen molar-refractivity contribution in [2.45, 2.75) is 18.4 Å². The van der Waals surface area contributed by atoms with Gasteiger partial charge in [-0.15, -0.1) is 0 Å². The number of phenolic OH excluding ortho intramolecular Hbond substituents is 1. The van der Waals surface area contributed by atoms with Gasteiger partial charge in [0.2, 0.25) is 0 Å². The van der Waals surface area contributed by atoms with Crippen LogP contribution in [-0.4, -0.2) is 34.9 Å². The molecule has 36 heavy (non-hydrogen) atoms. The van der Waals surface area contributed by atoms with Gasteiger partial charge in [0.05, 0.1) is 0 Å². The summed E-state index contributed by atoms with van der Waals surface area (Å²) in [6.07, 6.45) is -0.639. The predicted octanol–water partition coefficient (Wildman–Crippen LogP) is 5.59. The van der Waals surface area contributed by atoms with Crippen molar-refractivity contribution in [1.29, 1.82) is 0 Å². The van der Waals surface area contributed by atoms with E-state index in [1.165, 1.54) is 0 Å². The summed E-state index contributed by atoms with van der Waals surface area (Å²) in [6, 6.07) is 29.2. The van der Waals surface area contributed by atoms with Crippen molar-refractivity contribution in [3.8, 4) is 28.0 Å². The lowest BCUT2D eigenvalue weighted by Crippen LogP contribution is -2.42. The maximum atomic E-state index is 12.6. The third-order valence-corrected chi connectivity index (χ3v) is 6.53. The molecular weight excluding hydrogens is 454 g/mol. The number of aromatic hydroxyl groups is 1. The Morgan fingerprint density at radius 1 is 0.778 bits per heavy atom. The van der Waals surface area contributed by atoms with Crippen LogP contribution in [0.3, 0.4) is 0 Å². The van der Waals surface area contributed by atoms with Gasteiger partial charge in [-0.2, -0.15) is 0 Å². The molecule has 0 saturated heterocycles. The number of carbonyl (C=O) groups excluding carboxylic acids is 1. The van der Waals surface area contributed by atoms with E-state index in [0.29, 0.717) is 0 Å². The van der Waals surface area contributed by atoms with Crippen LogP contribution in [0.25, 0.3) is 22.3 Å². The normalized spacial score (nSPS) is 12.9. The highest BCUT2D eigenvalue weighted by molar-refractivity contribution is 5.81. The van der Waals surface area contributed by atoms with Crippen molar-refractivity contribution in [3.05, 3.63) is 114 Å². The number of alkyl carbamates (subject to hydrolysis) is 1. The summed E-state index contributed by atoms with van der Waals surface area (Å²) in [4.78, 5) is 24.4. The standard InChI is InChI=1S/C30H25NO5/c32-22-15-13-21(14-16-22)20-11-9-19(10-12-20)17-28(29(33)34)31-30(35)36-18-27-25-7-3-1-5-23(25)24-6-2-4-8-26(24)27/h1-16,27-28,32H,17-18H2,(H,31,35)(H,33,34). The number of carbonyl (C=O) groups is 2. The average Bonchev–Trinajstić information content (AvgIpc) is 3.22. The third kappa shape index (κ3) is 4.79. The van der Waals surface area contributed by atoms with E-state index in [-0.39, 0.29) is 24.7 Å². The number of phenols is 1. The number of fused-ring (bicyclic) bond motifs is 3. The van der Waals surface area contributed by atoms with Gasteiger partial charge < -0.3 is 20.3 Å². The van der Waals surface area contributed by atoms with Gasteiger partial charge in [-0.05, 0) is 51.1 Å². The highest BCUT2D eigenvalue weighted by atomic mass is 16.5. The highest BCUT2D eigenvalue weighted by Gasteiger charge is 2.29. The molecule has 4 aromatic rings. The molecule has 1 amide bonds. The van der Waals surface area contributed by atoms with E-state index in [0.717, 1.165) is 38.9 Å². The molecule has 180 valence electrons. The Balaban J connectivity index is 1.22. The number of hydrogen-bond acceptors (Lipinski definition) is 4. The molecule has 0 saturated carbocycles. The first-order chi connectivity index (χ1) is 17.5. The molecule has 4 aromatic carbocycles. The molecule has 3 N–H and O–H groups in total. The molecule has 5 rings (SSSR count). The molecule has 1 aliphatic rings. The van der Waals surface area contributed by atoms with Gasteiger partial charge in [-0.1, -0.05) is 84.9 Å². The lowest BCUT2D eigenvalue weighted by Gasteiger charge is -2.17. The van der Waals surface area contributed by atoms with Crippen LogP contribution in [0, 0.1) is 0 Å². The van der Waals surface area contributed by atoms with Gasteiger partial charge in [-0.3, -0.25) is 0 Å². The molecule has 6 heteroatoms. The fraction of sp³-hybridized carbons (Fsp3) is 0.133. The minimum Gasteiger partial charge on any atom is -0.508 e. The summed E-state index contributed by atoms with van der Waals surface area (Å²) >= 11 is 0. The number of carboxylic acids is 1. The van der Waals surface area contributed by atoms with E-state index >= 15 is 0 Å². The van der Waals surface area contributed by atoms with E-state index < -0.39 is 18.1 Å². The minimum atomic E-state index is -1.13. The largest absolute Gasteiger partial charge is 0.508 e. The van der Waals surface area contributed by atoms with Crippen LogP contribution < -0.4 is 5.32 Å². The van der Waals surface area contributed by atoms with Crippen LogP contribution in [0.15, 0.2) is 97.1 Å². The summed E-state index contributed by atoms with van der Waals surface area (Å²) in [7, 11) is 0.